The van der Waals surface area contributed by atoms with E-state index in [0.717, 1.165) is 5.56 Å². The summed E-state index contributed by atoms with van der Waals surface area (Å²) in [5.41, 5.74) is 7.18. The van der Waals surface area contributed by atoms with E-state index >= 15 is 0 Å². The Kier molecular flexibility index (Phi) is 4.37. The molecule has 0 amide bonds. The fourth-order valence-electron chi connectivity index (χ4n) is 1.84. The number of rotatable bonds is 4. The first-order valence-corrected chi connectivity index (χ1v) is 6.25. The molecule has 0 aliphatic heterocycles. The van der Waals surface area contributed by atoms with Crippen LogP contribution in [0.2, 0.25) is 5.02 Å². The van der Waals surface area contributed by atoms with Gasteiger partial charge in [-0.05, 0) is 23.8 Å². The molecule has 2 aromatic rings. The molecule has 1 aromatic heterocycles. The highest BCUT2D eigenvalue weighted by Crippen LogP contribution is 2.18. The van der Waals surface area contributed by atoms with Crippen molar-refractivity contribution in [1.82, 2.24) is 10.2 Å². The van der Waals surface area contributed by atoms with Gasteiger partial charge >= 0.3 is 0 Å². The lowest BCUT2D eigenvalue weighted by Crippen LogP contribution is -2.24. The average molecular weight is 292 g/mol. The zero-order chi connectivity index (χ0) is 14.5. The molecule has 0 saturated heterocycles. The summed E-state index contributed by atoms with van der Waals surface area (Å²) in [6, 6.07) is 9.17. The SMILES string of the molecule is CN(Cc1cccc(Cl)c1)c1nnccc1/C(N)=N/O. The monoisotopic (exact) mass is 291 g/mol. The maximum Gasteiger partial charge on any atom is 0.173 e. The van der Waals surface area contributed by atoms with Gasteiger partial charge in [-0.3, -0.25) is 0 Å². The highest BCUT2D eigenvalue weighted by atomic mass is 35.5. The van der Waals surface area contributed by atoms with E-state index < -0.39 is 0 Å². The van der Waals surface area contributed by atoms with Crippen LogP contribution >= 0.6 is 11.6 Å². The van der Waals surface area contributed by atoms with Crippen LogP contribution in [-0.4, -0.2) is 28.3 Å². The topological polar surface area (TPSA) is 87.6 Å². The summed E-state index contributed by atoms with van der Waals surface area (Å²) in [6.45, 7) is 0.574. The van der Waals surface area contributed by atoms with Gasteiger partial charge in [0.2, 0.25) is 0 Å². The van der Waals surface area contributed by atoms with Gasteiger partial charge in [0.25, 0.3) is 0 Å². The Morgan fingerprint density at radius 2 is 2.25 bits per heavy atom. The summed E-state index contributed by atoms with van der Waals surface area (Å²) in [7, 11) is 1.85. The Bertz CT molecular complexity index is 632. The van der Waals surface area contributed by atoms with Crippen molar-refractivity contribution in [3.63, 3.8) is 0 Å². The number of hydrogen-bond donors (Lipinski definition) is 2. The van der Waals surface area contributed by atoms with Crippen LogP contribution in [0.4, 0.5) is 5.82 Å². The number of amidine groups is 1. The predicted octanol–water partition coefficient (Wildman–Crippen LogP) is 1.86. The summed E-state index contributed by atoms with van der Waals surface area (Å²) in [5, 5.41) is 20.3. The Balaban J connectivity index is 2.28. The van der Waals surface area contributed by atoms with E-state index in [9.17, 15) is 0 Å². The molecule has 1 heterocycles. The van der Waals surface area contributed by atoms with Crippen LogP contribution in [0.15, 0.2) is 41.7 Å². The minimum atomic E-state index is -0.00663. The van der Waals surface area contributed by atoms with Crippen LogP contribution in [0.5, 0.6) is 0 Å². The van der Waals surface area contributed by atoms with Crippen LogP contribution in [0.1, 0.15) is 11.1 Å². The van der Waals surface area contributed by atoms with E-state index in [1.165, 1.54) is 6.20 Å². The van der Waals surface area contributed by atoms with Gasteiger partial charge in [-0.15, -0.1) is 5.10 Å². The van der Waals surface area contributed by atoms with Crippen LogP contribution in [0, 0.1) is 0 Å². The molecule has 0 aliphatic carbocycles. The molecule has 0 radical (unpaired) electrons. The van der Waals surface area contributed by atoms with Gasteiger partial charge < -0.3 is 15.8 Å². The quantitative estimate of drug-likeness (QED) is 0.388. The molecular formula is C13H14ClN5O. The van der Waals surface area contributed by atoms with Gasteiger partial charge in [0, 0.05) is 18.6 Å². The number of aromatic nitrogens is 2. The van der Waals surface area contributed by atoms with E-state index in [-0.39, 0.29) is 5.84 Å². The van der Waals surface area contributed by atoms with Gasteiger partial charge in [-0.2, -0.15) is 5.10 Å². The molecule has 7 heteroatoms. The Morgan fingerprint density at radius 1 is 1.45 bits per heavy atom. The highest BCUT2D eigenvalue weighted by Gasteiger charge is 2.13. The average Bonchev–Trinajstić information content (AvgIpc) is 2.46. The van der Waals surface area contributed by atoms with Crippen LogP contribution in [-0.2, 0) is 6.54 Å². The maximum atomic E-state index is 8.80. The van der Waals surface area contributed by atoms with Crippen molar-refractivity contribution >= 4 is 23.3 Å². The van der Waals surface area contributed by atoms with Gasteiger partial charge in [-0.25, -0.2) is 0 Å². The Morgan fingerprint density at radius 3 is 2.95 bits per heavy atom. The lowest BCUT2D eigenvalue weighted by molar-refractivity contribution is 0.318. The second kappa shape index (κ2) is 6.21. The number of nitrogens with zero attached hydrogens (tertiary/aromatic N) is 4. The molecule has 1 aromatic carbocycles. The van der Waals surface area contributed by atoms with Crippen molar-refractivity contribution in [3.8, 4) is 0 Å². The molecule has 3 N–H and O–H groups in total. The molecule has 20 heavy (non-hydrogen) atoms. The lowest BCUT2D eigenvalue weighted by Gasteiger charge is -2.20. The van der Waals surface area contributed by atoms with Crippen LogP contribution in [0.25, 0.3) is 0 Å². The standard InChI is InChI=1S/C13H14ClN5O/c1-19(8-9-3-2-4-10(14)7-9)13-11(12(15)18-20)5-6-16-17-13/h2-7,20H,8H2,1H3,(H2,15,18). The summed E-state index contributed by atoms with van der Waals surface area (Å²) < 4.78 is 0. The third kappa shape index (κ3) is 3.16. The first-order chi connectivity index (χ1) is 9.61. The third-order valence-electron chi connectivity index (χ3n) is 2.76. The van der Waals surface area contributed by atoms with Crippen molar-refractivity contribution < 1.29 is 5.21 Å². The fraction of sp³-hybridized carbons (Fsp3) is 0.154. The smallest absolute Gasteiger partial charge is 0.173 e. The van der Waals surface area contributed by atoms with Crippen LogP contribution in [0.3, 0.4) is 0 Å². The first kappa shape index (κ1) is 14.1. The molecule has 2 rings (SSSR count). The molecule has 0 bridgehead atoms. The van der Waals surface area contributed by atoms with E-state index in [0.29, 0.717) is 22.9 Å². The minimum Gasteiger partial charge on any atom is -0.409 e. The van der Waals surface area contributed by atoms with Crippen molar-refractivity contribution in [3.05, 3.63) is 52.7 Å². The van der Waals surface area contributed by atoms with Gasteiger partial charge in [-0.1, -0.05) is 28.9 Å². The number of hydrogen-bond acceptors (Lipinski definition) is 5. The molecular weight excluding hydrogens is 278 g/mol. The molecule has 0 spiro atoms. The predicted molar refractivity (Wildman–Crippen MR) is 78.1 cm³/mol. The molecule has 0 fully saturated rings. The maximum absolute atomic E-state index is 8.80. The van der Waals surface area contributed by atoms with Crippen LogP contribution < -0.4 is 10.6 Å². The second-order valence-electron chi connectivity index (χ2n) is 4.24. The Hall–Kier alpha value is -2.34. The van der Waals surface area contributed by atoms with E-state index in [1.807, 2.05) is 36.2 Å². The number of nitrogens with two attached hydrogens (primary N) is 1. The van der Waals surface area contributed by atoms with Gasteiger partial charge in [0.05, 0.1) is 11.8 Å². The molecule has 0 atom stereocenters. The zero-order valence-corrected chi connectivity index (χ0v) is 11.6. The van der Waals surface area contributed by atoms with E-state index in [2.05, 4.69) is 15.4 Å². The van der Waals surface area contributed by atoms with Crippen molar-refractivity contribution in [2.45, 2.75) is 6.54 Å². The molecule has 0 aliphatic rings. The van der Waals surface area contributed by atoms with Gasteiger partial charge in [0.15, 0.2) is 11.7 Å². The van der Waals surface area contributed by atoms with Crippen molar-refractivity contribution in [2.75, 3.05) is 11.9 Å². The number of anilines is 1. The zero-order valence-electron chi connectivity index (χ0n) is 10.9. The second-order valence-corrected chi connectivity index (χ2v) is 4.68. The summed E-state index contributed by atoms with van der Waals surface area (Å²) in [4.78, 5) is 1.85. The lowest BCUT2D eigenvalue weighted by atomic mass is 10.2. The first-order valence-electron chi connectivity index (χ1n) is 5.87. The summed E-state index contributed by atoms with van der Waals surface area (Å²) in [6.07, 6.45) is 1.49. The normalized spacial score (nSPS) is 11.4. The minimum absolute atomic E-state index is 0.00663. The molecule has 104 valence electrons. The number of benzene rings is 1. The summed E-state index contributed by atoms with van der Waals surface area (Å²) in [5.74, 6) is 0.524. The fourth-order valence-corrected chi connectivity index (χ4v) is 2.06. The van der Waals surface area contributed by atoms with Crippen molar-refractivity contribution in [2.24, 2.45) is 10.9 Å². The number of oxime groups is 1. The van der Waals surface area contributed by atoms with Crippen molar-refractivity contribution in [1.29, 1.82) is 0 Å². The molecule has 0 unspecified atom stereocenters. The summed E-state index contributed by atoms with van der Waals surface area (Å²) >= 11 is 5.96. The Labute approximate surface area is 121 Å². The van der Waals surface area contributed by atoms with E-state index in [4.69, 9.17) is 22.5 Å². The van der Waals surface area contributed by atoms with E-state index in [1.54, 1.807) is 6.07 Å². The third-order valence-corrected chi connectivity index (χ3v) is 2.99. The largest absolute Gasteiger partial charge is 0.409 e. The molecule has 6 nitrogen and oxygen atoms in total. The van der Waals surface area contributed by atoms with Gasteiger partial charge in [0.1, 0.15) is 0 Å². The number of halogens is 1. The molecule has 0 saturated carbocycles. The highest BCUT2D eigenvalue weighted by molar-refractivity contribution is 6.30.